The van der Waals surface area contributed by atoms with Gasteiger partial charge in [0.05, 0.1) is 31.8 Å². The van der Waals surface area contributed by atoms with Crippen LogP contribution in [0.1, 0.15) is 67.2 Å². The molecular weight excluding hydrogens is 452 g/mol. The third kappa shape index (κ3) is 12.3. The first kappa shape index (κ1) is 32.0. The minimum Gasteiger partial charge on any atom is -0.469 e. The molecule has 1 rings (SSSR count). The van der Waals surface area contributed by atoms with E-state index in [-0.39, 0.29) is 48.5 Å². The second-order valence-electron chi connectivity index (χ2n) is 10.5. The van der Waals surface area contributed by atoms with Gasteiger partial charge in [-0.2, -0.15) is 0 Å². The first-order chi connectivity index (χ1) is 17.0. The number of nitrogens with two attached hydrogens (primary N) is 2. The molecule has 8 atom stereocenters. The number of rotatable bonds is 13. The summed E-state index contributed by atoms with van der Waals surface area (Å²) in [6.45, 7) is 12.5. The summed E-state index contributed by atoms with van der Waals surface area (Å²) < 4.78 is 10.8. The van der Waals surface area contributed by atoms with Gasteiger partial charge < -0.3 is 26.0 Å². The van der Waals surface area contributed by atoms with Gasteiger partial charge in [0, 0.05) is 24.4 Å². The molecule has 4 unspecified atom stereocenters. The van der Waals surface area contributed by atoms with Crippen molar-refractivity contribution in [1.82, 2.24) is 0 Å². The number of esters is 1. The fraction of sp³-hybridized carbons (Fsp3) is 0.633. The van der Waals surface area contributed by atoms with E-state index >= 15 is 0 Å². The summed E-state index contributed by atoms with van der Waals surface area (Å²) >= 11 is 0. The summed E-state index contributed by atoms with van der Waals surface area (Å²) in [5, 5.41) is 10.4. The number of aliphatic hydroxyl groups excluding tert-OH is 1. The van der Waals surface area contributed by atoms with Crippen LogP contribution in [0.25, 0.3) is 0 Å². The van der Waals surface area contributed by atoms with Crippen molar-refractivity contribution >= 4 is 5.97 Å². The Morgan fingerprint density at radius 3 is 2.50 bits per heavy atom. The number of allylic oxidation sites excluding steroid dienone is 8. The average molecular weight is 503 g/mol. The van der Waals surface area contributed by atoms with Crippen molar-refractivity contribution < 1.29 is 19.4 Å². The predicted octanol–water partition coefficient (Wildman–Crippen LogP) is 4.99. The van der Waals surface area contributed by atoms with E-state index in [0.29, 0.717) is 12.3 Å². The van der Waals surface area contributed by atoms with Crippen LogP contribution in [0.4, 0.5) is 0 Å². The summed E-state index contributed by atoms with van der Waals surface area (Å²) in [6.07, 6.45) is 18.3. The van der Waals surface area contributed by atoms with Crippen molar-refractivity contribution in [3.63, 3.8) is 0 Å². The molecule has 0 bridgehead atoms. The van der Waals surface area contributed by atoms with Crippen molar-refractivity contribution in [3.8, 4) is 0 Å². The van der Waals surface area contributed by atoms with Crippen LogP contribution in [0.15, 0.2) is 59.8 Å². The second kappa shape index (κ2) is 16.7. The number of ether oxygens (including phenoxy) is 2. The lowest BCUT2D eigenvalue weighted by molar-refractivity contribution is -0.141. The smallest absolute Gasteiger partial charge is 0.307 e. The lowest BCUT2D eigenvalue weighted by atomic mass is 9.88. The van der Waals surface area contributed by atoms with E-state index in [1.54, 1.807) is 0 Å². The maximum atomic E-state index is 11.3. The molecule has 1 saturated heterocycles. The highest BCUT2D eigenvalue weighted by molar-refractivity contribution is 5.69. The van der Waals surface area contributed by atoms with E-state index < -0.39 is 6.10 Å². The van der Waals surface area contributed by atoms with Gasteiger partial charge in [0.25, 0.3) is 0 Å². The van der Waals surface area contributed by atoms with Crippen LogP contribution in [0.2, 0.25) is 0 Å². The Labute approximate surface area is 219 Å². The number of carbonyl (C=O) groups excluding carboxylic acids is 1. The quantitative estimate of drug-likeness (QED) is 0.186. The standard InChI is InChI=1S/C30H50N2O4/c1-8-10-28-24(6)27(33)19-29(36-28)26(32)12-9-11-20(2)15-23(5)16-21(3)13-14-22(4)17-25(31)18-30(34)35-7/h8-14,16,22-29,33H,15,17-19,31-32H2,1-7H3/b10-8+,12-9+,14-13+,20-11+,21-16-/t22?,23?,24?,25?,26-,27+,28-,29-/m0/s1. The average Bonchev–Trinajstić information content (AvgIpc) is 2.80. The van der Waals surface area contributed by atoms with Gasteiger partial charge in [0.2, 0.25) is 0 Å². The molecule has 0 aromatic carbocycles. The van der Waals surface area contributed by atoms with Crippen molar-refractivity contribution in [2.45, 2.75) is 97.6 Å². The van der Waals surface area contributed by atoms with Gasteiger partial charge in [-0.25, -0.2) is 0 Å². The first-order valence-corrected chi connectivity index (χ1v) is 13.2. The molecule has 204 valence electrons. The molecule has 0 amide bonds. The molecule has 0 aromatic heterocycles. The molecular formula is C30H50N2O4. The molecule has 0 radical (unpaired) electrons. The molecule has 5 N–H and O–H groups in total. The second-order valence-corrected chi connectivity index (χ2v) is 10.5. The third-order valence-electron chi connectivity index (χ3n) is 6.67. The molecule has 1 heterocycles. The van der Waals surface area contributed by atoms with Crippen LogP contribution in [0.3, 0.4) is 0 Å². The first-order valence-electron chi connectivity index (χ1n) is 13.2. The molecule has 1 fully saturated rings. The van der Waals surface area contributed by atoms with E-state index in [0.717, 1.165) is 12.8 Å². The summed E-state index contributed by atoms with van der Waals surface area (Å²) in [4.78, 5) is 11.3. The van der Waals surface area contributed by atoms with Crippen LogP contribution in [-0.2, 0) is 14.3 Å². The SMILES string of the molecule is C/C=C/[C@@H]1O[C@H]([C@@H](N)/C=C/C=C(\C)CC(C)/C=C(C)\C=C\C(C)CC(N)CC(=O)OC)C[C@@H](O)C1C. The number of hydrogen-bond donors (Lipinski definition) is 3. The van der Waals surface area contributed by atoms with Gasteiger partial charge in [-0.05, 0) is 45.4 Å². The summed E-state index contributed by atoms with van der Waals surface area (Å²) in [5.41, 5.74) is 14.9. The molecule has 1 aliphatic heterocycles. The normalized spacial score (nSPS) is 27.5. The van der Waals surface area contributed by atoms with E-state index in [1.807, 2.05) is 38.2 Å². The topological polar surface area (TPSA) is 108 Å². The fourth-order valence-corrected chi connectivity index (χ4v) is 4.58. The highest BCUT2D eigenvalue weighted by Crippen LogP contribution is 2.28. The Hall–Kier alpha value is -1.99. The molecule has 36 heavy (non-hydrogen) atoms. The molecule has 0 aliphatic carbocycles. The van der Waals surface area contributed by atoms with Crippen molar-refractivity contribution in [1.29, 1.82) is 0 Å². The minimum absolute atomic E-state index is 0.0657. The van der Waals surface area contributed by atoms with Gasteiger partial charge in [0.1, 0.15) is 0 Å². The van der Waals surface area contributed by atoms with Crippen molar-refractivity contribution in [2.75, 3.05) is 7.11 Å². The highest BCUT2D eigenvalue weighted by atomic mass is 16.5. The number of hydrogen-bond acceptors (Lipinski definition) is 6. The van der Waals surface area contributed by atoms with Gasteiger partial charge in [-0.15, -0.1) is 0 Å². The lowest BCUT2D eigenvalue weighted by Gasteiger charge is -2.38. The summed E-state index contributed by atoms with van der Waals surface area (Å²) in [7, 11) is 1.38. The number of aliphatic hydroxyl groups is 1. The van der Waals surface area contributed by atoms with Crippen LogP contribution in [-0.4, -0.2) is 48.6 Å². The fourth-order valence-electron chi connectivity index (χ4n) is 4.58. The van der Waals surface area contributed by atoms with E-state index in [4.69, 9.17) is 16.2 Å². The van der Waals surface area contributed by atoms with E-state index in [9.17, 15) is 9.90 Å². The lowest BCUT2D eigenvalue weighted by Crippen LogP contribution is -2.48. The molecule has 1 aliphatic rings. The third-order valence-corrected chi connectivity index (χ3v) is 6.67. The van der Waals surface area contributed by atoms with E-state index in [1.165, 1.54) is 18.3 Å². The summed E-state index contributed by atoms with van der Waals surface area (Å²) in [6, 6.07) is -0.460. The highest BCUT2D eigenvalue weighted by Gasteiger charge is 2.35. The Morgan fingerprint density at radius 1 is 1.17 bits per heavy atom. The number of carbonyl (C=O) groups is 1. The Bertz CT molecular complexity index is 814. The van der Waals surface area contributed by atoms with Gasteiger partial charge in [0.15, 0.2) is 0 Å². The summed E-state index contributed by atoms with van der Waals surface area (Å²) in [5.74, 6) is 0.475. The maximum absolute atomic E-state index is 11.3. The largest absolute Gasteiger partial charge is 0.469 e. The van der Waals surface area contributed by atoms with Gasteiger partial charge in [-0.3, -0.25) is 4.79 Å². The van der Waals surface area contributed by atoms with Crippen LogP contribution >= 0.6 is 0 Å². The minimum atomic E-state index is -0.411. The van der Waals surface area contributed by atoms with Gasteiger partial charge in [-0.1, -0.05) is 80.5 Å². The Balaban J connectivity index is 2.56. The number of methoxy groups -OCH3 is 1. The predicted molar refractivity (Wildman–Crippen MR) is 149 cm³/mol. The molecule has 0 saturated carbocycles. The molecule has 6 nitrogen and oxygen atoms in total. The van der Waals surface area contributed by atoms with E-state index in [2.05, 4.69) is 56.7 Å². The van der Waals surface area contributed by atoms with Crippen molar-refractivity contribution in [2.24, 2.45) is 29.2 Å². The van der Waals surface area contributed by atoms with Crippen molar-refractivity contribution in [3.05, 3.63) is 59.8 Å². The van der Waals surface area contributed by atoms with Crippen LogP contribution in [0.5, 0.6) is 0 Å². The zero-order valence-corrected chi connectivity index (χ0v) is 23.4. The zero-order chi connectivity index (χ0) is 27.3. The Kier molecular flexibility index (Phi) is 14.9. The maximum Gasteiger partial charge on any atom is 0.307 e. The van der Waals surface area contributed by atoms with Crippen LogP contribution < -0.4 is 11.5 Å². The van der Waals surface area contributed by atoms with Crippen LogP contribution in [0, 0.1) is 17.8 Å². The zero-order valence-electron chi connectivity index (χ0n) is 23.4. The monoisotopic (exact) mass is 502 g/mol. The Morgan fingerprint density at radius 2 is 1.86 bits per heavy atom. The molecule has 6 heteroatoms. The molecule has 0 spiro atoms. The molecule has 0 aromatic rings. The van der Waals surface area contributed by atoms with Gasteiger partial charge >= 0.3 is 5.97 Å².